The van der Waals surface area contributed by atoms with Crippen LogP contribution in [0.1, 0.15) is 35.1 Å². The smallest absolute Gasteiger partial charge is 0.273 e. The third kappa shape index (κ3) is 3.92. The predicted octanol–water partition coefficient (Wildman–Crippen LogP) is 0.710. The van der Waals surface area contributed by atoms with Gasteiger partial charge in [-0.3, -0.25) is 14.3 Å². The summed E-state index contributed by atoms with van der Waals surface area (Å²) >= 11 is 0. The molecule has 9 nitrogen and oxygen atoms in total. The number of anilines is 2. The SMILES string of the molecule is Cc1cc(Nc2ccc3c(n2)C(=O)N([C@H](C)C(=O)NCCCO)C3)n(C)n1. The maximum Gasteiger partial charge on any atom is 0.273 e. The summed E-state index contributed by atoms with van der Waals surface area (Å²) in [6.07, 6.45) is 0.483. The van der Waals surface area contributed by atoms with E-state index >= 15 is 0 Å². The number of rotatable bonds is 7. The summed E-state index contributed by atoms with van der Waals surface area (Å²) in [4.78, 5) is 30.9. The number of aliphatic hydroxyl groups excluding tert-OH is 1. The van der Waals surface area contributed by atoms with Crippen LogP contribution in [0.5, 0.6) is 0 Å². The fourth-order valence-electron chi connectivity index (χ4n) is 3.01. The van der Waals surface area contributed by atoms with Crippen LogP contribution in [0.25, 0.3) is 0 Å². The summed E-state index contributed by atoms with van der Waals surface area (Å²) in [5.74, 6) is 0.818. The number of nitrogens with zero attached hydrogens (tertiary/aromatic N) is 4. The van der Waals surface area contributed by atoms with Crippen LogP contribution in [0.4, 0.5) is 11.6 Å². The van der Waals surface area contributed by atoms with E-state index in [1.165, 1.54) is 4.90 Å². The lowest BCUT2D eigenvalue weighted by atomic mass is 10.2. The van der Waals surface area contributed by atoms with Crippen LogP contribution in [0, 0.1) is 6.92 Å². The molecule has 0 spiro atoms. The van der Waals surface area contributed by atoms with Gasteiger partial charge in [-0.05, 0) is 26.3 Å². The van der Waals surface area contributed by atoms with Crippen LogP contribution >= 0.6 is 0 Å². The molecule has 2 aromatic heterocycles. The highest BCUT2D eigenvalue weighted by atomic mass is 16.3. The van der Waals surface area contributed by atoms with E-state index in [-0.39, 0.29) is 18.4 Å². The maximum atomic E-state index is 12.7. The number of hydrogen-bond donors (Lipinski definition) is 3. The molecule has 2 amide bonds. The Morgan fingerprint density at radius 3 is 2.85 bits per heavy atom. The summed E-state index contributed by atoms with van der Waals surface area (Å²) in [6.45, 7) is 4.33. The Morgan fingerprint density at radius 1 is 1.41 bits per heavy atom. The van der Waals surface area contributed by atoms with E-state index in [9.17, 15) is 9.59 Å². The lowest BCUT2D eigenvalue weighted by Crippen LogP contribution is -2.45. The zero-order valence-electron chi connectivity index (χ0n) is 15.7. The minimum absolute atomic E-state index is 0.0125. The molecule has 0 saturated heterocycles. The second kappa shape index (κ2) is 7.75. The van der Waals surface area contributed by atoms with Crippen molar-refractivity contribution in [3.8, 4) is 0 Å². The molecule has 0 unspecified atom stereocenters. The number of amides is 2. The summed E-state index contributed by atoms with van der Waals surface area (Å²) < 4.78 is 1.71. The van der Waals surface area contributed by atoms with E-state index < -0.39 is 6.04 Å². The minimum atomic E-state index is -0.610. The molecule has 0 aliphatic carbocycles. The Balaban J connectivity index is 1.72. The molecule has 1 aliphatic heterocycles. The summed E-state index contributed by atoms with van der Waals surface area (Å²) in [5.41, 5.74) is 2.03. The molecule has 1 aliphatic rings. The average Bonchev–Trinajstić information content (AvgIpc) is 3.13. The Kier molecular flexibility index (Phi) is 5.41. The van der Waals surface area contributed by atoms with Crippen molar-refractivity contribution in [1.82, 2.24) is 25.0 Å². The van der Waals surface area contributed by atoms with Gasteiger partial charge in [0.15, 0.2) is 0 Å². The van der Waals surface area contributed by atoms with E-state index in [4.69, 9.17) is 5.11 Å². The van der Waals surface area contributed by atoms with Gasteiger partial charge in [-0.15, -0.1) is 0 Å². The molecule has 0 bridgehead atoms. The number of nitrogens with one attached hydrogen (secondary N) is 2. The molecule has 0 aromatic carbocycles. The second-order valence-corrected chi connectivity index (χ2v) is 6.60. The molecule has 9 heteroatoms. The molecule has 0 radical (unpaired) electrons. The molecule has 0 fully saturated rings. The third-order valence-electron chi connectivity index (χ3n) is 4.52. The van der Waals surface area contributed by atoms with Gasteiger partial charge in [-0.25, -0.2) is 4.98 Å². The van der Waals surface area contributed by atoms with Gasteiger partial charge in [0, 0.05) is 38.4 Å². The summed E-state index contributed by atoms with van der Waals surface area (Å²) in [6, 6.07) is 4.94. The Morgan fingerprint density at radius 2 is 2.19 bits per heavy atom. The van der Waals surface area contributed by atoms with E-state index in [0.717, 1.165) is 17.1 Å². The molecule has 2 aromatic rings. The van der Waals surface area contributed by atoms with Crippen molar-refractivity contribution in [2.24, 2.45) is 7.05 Å². The van der Waals surface area contributed by atoms with E-state index in [1.807, 2.05) is 32.2 Å². The first-order valence-corrected chi connectivity index (χ1v) is 8.88. The standard InChI is InChI=1S/C18H24N6O3/c1-11-9-15(23(3)22-11)20-14-6-5-13-10-24(18(27)16(13)21-14)12(2)17(26)19-7-4-8-25/h5-6,9,12,25H,4,7-8,10H2,1-3H3,(H,19,26)(H,20,21)/t12-/m1/s1. The highest BCUT2D eigenvalue weighted by Crippen LogP contribution is 2.26. The molecule has 144 valence electrons. The number of fused-ring (bicyclic) bond motifs is 1. The van der Waals surface area contributed by atoms with Crippen molar-refractivity contribution < 1.29 is 14.7 Å². The number of pyridine rings is 1. The van der Waals surface area contributed by atoms with Gasteiger partial charge in [0.1, 0.15) is 23.4 Å². The van der Waals surface area contributed by atoms with Crippen molar-refractivity contribution in [3.05, 3.63) is 35.2 Å². The van der Waals surface area contributed by atoms with Crippen LogP contribution in [-0.2, 0) is 18.4 Å². The fraction of sp³-hybridized carbons (Fsp3) is 0.444. The molecule has 1 atom stereocenters. The first-order chi connectivity index (χ1) is 12.9. The molecule has 27 heavy (non-hydrogen) atoms. The fourth-order valence-corrected chi connectivity index (χ4v) is 3.01. The first-order valence-electron chi connectivity index (χ1n) is 8.88. The van der Waals surface area contributed by atoms with Crippen LogP contribution in [0.15, 0.2) is 18.2 Å². The molecule has 3 heterocycles. The summed E-state index contributed by atoms with van der Waals surface area (Å²) in [7, 11) is 1.83. The van der Waals surface area contributed by atoms with Gasteiger partial charge >= 0.3 is 0 Å². The molecular weight excluding hydrogens is 348 g/mol. The third-order valence-corrected chi connectivity index (χ3v) is 4.52. The number of aryl methyl sites for hydroxylation is 2. The Labute approximate surface area is 157 Å². The average molecular weight is 372 g/mol. The highest BCUT2D eigenvalue weighted by molar-refractivity contribution is 5.99. The largest absolute Gasteiger partial charge is 0.396 e. The zero-order valence-corrected chi connectivity index (χ0v) is 15.7. The Hall–Kier alpha value is -2.94. The van der Waals surface area contributed by atoms with Crippen LogP contribution in [-0.4, -0.2) is 55.8 Å². The number of aromatic nitrogens is 3. The van der Waals surface area contributed by atoms with Crippen molar-refractivity contribution >= 4 is 23.5 Å². The number of hydrogen-bond acceptors (Lipinski definition) is 6. The van der Waals surface area contributed by atoms with Gasteiger partial charge in [-0.1, -0.05) is 6.07 Å². The van der Waals surface area contributed by atoms with Crippen LogP contribution in [0.2, 0.25) is 0 Å². The molecule has 3 N–H and O–H groups in total. The molecule has 3 rings (SSSR count). The van der Waals surface area contributed by atoms with Crippen LogP contribution in [0.3, 0.4) is 0 Å². The number of carbonyl (C=O) groups is 2. The minimum Gasteiger partial charge on any atom is -0.396 e. The highest BCUT2D eigenvalue weighted by Gasteiger charge is 2.35. The first kappa shape index (κ1) is 18.8. The quantitative estimate of drug-likeness (QED) is 0.617. The normalized spacial score (nSPS) is 14.2. The number of aliphatic hydroxyl groups is 1. The zero-order chi connectivity index (χ0) is 19.6. The van der Waals surface area contributed by atoms with Crippen molar-refractivity contribution in [2.45, 2.75) is 32.9 Å². The lowest BCUT2D eigenvalue weighted by molar-refractivity contribution is -0.125. The summed E-state index contributed by atoms with van der Waals surface area (Å²) in [5, 5.41) is 19.0. The van der Waals surface area contributed by atoms with Gasteiger partial charge in [0.25, 0.3) is 5.91 Å². The van der Waals surface area contributed by atoms with Gasteiger partial charge in [0.05, 0.1) is 5.69 Å². The van der Waals surface area contributed by atoms with E-state index in [1.54, 1.807) is 11.6 Å². The van der Waals surface area contributed by atoms with Crippen molar-refractivity contribution in [1.29, 1.82) is 0 Å². The second-order valence-electron chi connectivity index (χ2n) is 6.60. The van der Waals surface area contributed by atoms with E-state index in [2.05, 4.69) is 20.7 Å². The van der Waals surface area contributed by atoms with Gasteiger partial charge in [-0.2, -0.15) is 5.10 Å². The van der Waals surface area contributed by atoms with E-state index in [0.29, 0.717) is 31.0 Å². The number of carbonyl (C=O) groups excluding carboxylic acids is 2. The van der Waals surface area contributed by atoms with Crippen molar-refractivity contribution in [3.63, 3.8) is 0 Å². The molecular formula is C18H24N6O3. The molecule has 0 saturated carbocycles. The lowest BCUT2D eigenvalue weighted by Gasteiger charge is -2.23. The predicted molar refractivity (Wildman–Crippen MR) is 99.5 cm³/mol. The van der Waals surface area contributed by atoms with Gasteiger partial charge < -0.3 is 20.6 Å². The monoisotopic (exact) mass is 372 g/mol. The maximum absolute atomic E-state index is 12.7. The topological polar surface area (TPSA) is 112 Å². The van der Waals surface area contributed by atoms with Crippen molar-refractivity contribution in [2.75, 3.05) is 18.5 Å². The Bertz CT molecular complexity index is 863. The van der Waals surface area contributed by atoms with Crippen LogP contribution < -0.4 is 10.6 Å². The van der Waals surface area contributed by atoms with Gasteiger partial charge in [0.2, 0.25) is 5.91 Å².